The van der Waals surface area contributed by atoms with Gasteiger partial charge in [-0.15, -0.1) is 0 Å². The van der Waals surface area contributed by atoms with Crippen molar-refractivity contribution < 1.29 is 13.6 Å². The third-order valence-corrected chi connectivity index (χ3v) is 6.24. The van der Waals surface area contributed by atoms with Gasteiger partial charge in [0.05, 0.1) is 6.54 Å². The van der Waals surface area contributed by atoms with Crippen molar-refractivity contribution in [3.63, 3.8) is 0 Å². The summed E-state index contributed by atoms with van der Waals surface area (Å²) in [7, 11) is 0. The van der Waals surface area contributed by atoms with Crippen molar-refractivity contribution in [2.45, 2.75) is 38.0 Å². The molecule has 1 amide bonds. The predicted octanol–water partition coefficient (Wildman–Crippen LogP) is 3.15. The molecule has 140 valence electrons. The van der Waals surface area contributed by atoms with Gasteiger partial charge >= 0.3 is 0 Å². The Bertz CT molecular complexity index is 740. The van der Waals surface area contributed by atoms with Crippen molar-refractivity contribution in [3.05, 3.63) is 36.0 Å². The molecule has 3 heterocycles. The minimum Gasteiger partial charge on any atom is -0.296 e. The number of amides is 1. The summed E-state index contributed by atoms with van der Waals surface area (Å²) in [4.78, 5) is 19.7. The summed E-state index contributed by atoms with van der Waals surface area (Å²) in [5.41, 5.74) is -3.27. The molecule has 0 N–H and O–H groups in total. The van der Waals surface area contributed by atoms with Crippen LogP contribution in [0.4, 0.5) is 14.6 Å². The highest BCUT2D eigenvalue weighted by Gasteiger charge is 2.71. The fourth-order valence-electron chi connectivity index (χ4n) is 4.72. The van der Waals surface area contributed by atoms with Crippen LogP contribution in [0.5, 0.6) is 0 Å². The highest BCUT2D eigenvalue weighted by atomic mass is 19.2. The number of carbonyl (C=O) groups excluding carboxylic acids is 1. The number of halogens is 2. The molecule has 0 unspecified atom stereocenters. The van der Waals surface area contributed by atoms with Crippen molar-refractivity contribution >= 4 is 11.7 Å². The van der Waals surface area contributed by atoms with Crippen LogP contribution in [0.25, 0.3) is 0 Å². The van der Waals surface area contributed by atoms with Gasteiger partial charge in [0, 0.05) is 25.8 Å². The zero-order valence-electron chi connectivity index (χ0n) is 15.3. The van der Waals surface area contributed by atoms with Crippen molar-refractivity contribution in [2.75, 3.05) is 31.1 Å². The highest BCUT2D eigenvalue weighted by Crippen LogP contribution is 2.47. The van der Waals surface area contributed by atoms with E-state index in [1.54, 1.807) is 18.2 Å². The van der Waals surface area contributed by atoms with E-state index < -0.39 is 17.2 Å². The van der Waals surface area contributed by atoms with E-state index in [0.717, 1.165) is 17.7 Å². The number of nitrogens with zero attached hydrogens (tertiary/aromatic N) is 3. The summed E-state index contributed by atoms with van der Waals surface area (Å²) in [6.45, 7) is 4.45. The number of allylic oxidation sites excluding steroid dienone is 2. The van der Waals surface area contributed by atoms with Gasteiger partial charge in [0.1, 0.15) is 5.82 Å². The van der Waals surface area contributed by atoms with Crippen molar-refractivity contribution in [1.82, 2.24) is 9.88 Å². The van der Waals surface area contributed by atoms with Crippen LogP contribution >= 0.6 is 0 Å². The van der Waals surface area contributed by atoms with Crippen LogP contribution in [0.15, 0.2) is 36.0 Å². The van der Waals surface area contributed by atoms with Crippen molar-refractivity contribution in [3.8, 4) is 0 Å². The Balaban J connectivity index is 1.50. The van der Waals surface area contributed by atoms with Gasteiger partial charge in [0.15, 0.2) is 5.67 Å². The summed E-state index contributed by atoms with van der Waals surface area (Å²) < 4.78 is 31.0. The SMILES string of the molecule is CC1=C[C@H](C)[C@H](CN2C[C@]3(F)CN(c4ccccn4)C(=O)[C@]3(F)C2)CC1. The molecule has 4 rings (SSSR count). The van der Waals surface area contributed by atoms with Crippen molar-refractivity contribution in [2.24, 2.45) is 11.8 Å². The molecule has 0 bridgehead atoms. The summed E-state index contributed by atoms with van der Waals surface area (Å²) >= 11 is 0. The van der Waals surface area contributed by atoms with E-state index in [9.17, 15) is 4.79 Å². The Kier molecular flexibility index (Phi) is 4.14. The van der Waals surface area contributed by atoms with E-state index in [-0.39, 0.29) is 19.6 Å². The number of hydrogen-bond acceptors (Lipinski definition) is 3. The molecule has 2 aliphatic heterocycles. The molecule has 4 atom stereocenters. The Hall–Kier alpha value is -1.82. The summed E-state index contributed by atoms with van der Waals surface area (Å²) in [6.07, 6.45) is 5.86. The highest BCUT2D eigenvalue weighted by molar-refractivity contribution is 6.03. The minimum atomic E-state index is -2.48. The van der Waals surface area contributed by atoms with Crippen LogP contribution in [0.3, 0.4) is 0 Å². The van der Waals surface area contributed by atoms with E-state index in [0.29, 0.717) is 24.2 Å². The Morgan fingerprint density at radius 2 is 2.08 bits per heavy atom. The average Bonchev–Trinajstić information content (AvgIpc) is 2.96. The molecular formula is C20H25F2N3O. The van der Waals surface area contributed by atoms with Gasteiger partial charge in [-0.3, -0.25) is 14.6 Å². The first kappa shape index (κ1) is 17.6. The number of aromatic nitrogens is 1. The third-order valence-electron chi connectivity index (χ3n) is 6.24. The Morgan fingerprint density at radius 3 is 2.73 bits per heavy atom. The average molecular weight is 361 g/mol. The van der Waals surface area contributed by atoms with Crippen LogP contribution in [0.1, 0.15) is 26.7 Å². The molecule has 3 aliphatic rings. The third kappa shape index (κ3) is 2.66. The number of hydrogen-bond donors (Lipinski definition) is 0. The van der Waals surface area contributed by atoms with E-state index in [1.807, 2.05) is 4.90 Å². The van der Waals surface area contributed by atoms with E-state index in [4.69, 9.17) is 0 Å². The molecule has 6 heteroatoms. The first-order valence-electron chi connectivity index (χ1n) is 9.33. The zero-order valence-corrected chi connectivity index (χ0v) is 15.3. The zero-order chi connectivity index (χ0) is 18.5. The molecule has 0 saturated carbocycles. The van der Waals surface area contributed by atoms with Crippen LogP contribution in [0, 0.1) is 11.8 Å². The second-order valence-electron chi connectivity index (χ2n) is 8.19. The smallest absolute Gasteiger partial charge is 0.270 e. The second kappa shape index (κ2) is 6.12. The fourth-order valence-corrected chi connectivity index (χ4v) is 4.72. The number of alkyl halides is 2. The number of likely N-dealkylation sites (tertiary alicyclic amines) is 1. The maximum atomic E-state index is 15.5. The summed E-state index contributed by atoms with van der Waals surface area (Å²) in [5.74, 6) is 0.297. The molecule has 2 fully saturated rings. The Morgan fingerprint density at radius 1 is 1.27 bits per heavy atom. The number of rotatable bonds is 3. The van der Waals surface area contributed by atoms with Gasteiger partial charge in [0.25, 0.3) is 5.91 Å². The second-order valence-corrected chi connectivity index (χ2v) is 8.19. The standard InChI is InChI=1S/C20H25F2N3O/c1-14-6-7-16(15(2)9-14)10-24-11-19(21)12-25(17-5-3-4-8-23-17)18(26)20(19,22)13-24/h3-5,8-9,15-16H,6-7,10-13H2,1-2H3/t15-,16-,19-,20+/m0/s1. The predicted molar refractivity (Wildman–Crippen MR) is 96.4 cm³/mol. The molecule has 1 aromatic heterocycles. The fraction of sp³-hybridized carbons (Fsp3) is 0.600. The first-order chi connectivity index (χ1) is 12.3. The molecule has 0 aromatic carbocycles. The monoisotopic (exact) mass is 361 g/mol. The van der Waals surface area contributed by atoms with E-state index in [1.165, 1.54) is 11.8 Å². The van der Waals surface area contributed by atoms with Crippen LogP contribution in [-0.2, 0) is 4.79 Å². The van der Waals surface area contributed by atoms with Gasteiger partial charge in [-0.2, -0.15) is 0 Å². The maximum Gasteiger partial charge on any atom is 0.270 e. The van der Waals surface area contributed by atoms with Crippen molar-refractivity contribution in [1.29, 1.82) is 0 Å². The molecule has 26 heavy (non-hydrogen) atoms. The molecular weight excluding hydrogens is 336 g/mol. The lowest BCUT2D eigenvalue weighted by Gasteiger charge is -2.31. The molecule has 0 spiro atoms. The van der Waals surface area contributed by atoms with Crippen LogP contribution in [-0.4, -0.2) is 53.3 Å². The lowest BCUT2D eigenvalue weighted by molar-refractivity contribution is -0.130. The van der Waals surface area contributed by atoms with Gasteiger partial charge in [-0.05, 0) is 43.7 Å². The van der Waals surface area contributed by atoms with Crippen LogP contribution in [0.2, 0.25) is 0 Å². The van der Waals surface area contributed by atoms with Crippen LogP contribution < -0.4 is 4.90 Å². The first-order valence-corrected chi connectivity index (χ1v) is 9.33. The number of pyridine rings is 1. The molecule has 1 aliphatic carbocycles. The molecule has 0 radical (unpaired) electrons. The van der Waals surface area contributed by atoms with Gasteiger partial charge in [-0.1, -0.05) is 24.6 Å². The summed E-state index contributed by atoms with van der Waals surface area (Å²) in [6, 6.07) is 5.04. The minimum absolute atomic E-state index is 0.0372. The number of fused-ring (bicyclic) bond motifs is 1. The maximum absolute atomic E-state index is 15.5. The van der Waals surface area contributed by atoms with E-state index >= 15 is 8.78 Å². The topological polar surface area (TPSA) is 36.4 Å². The van der Waals surface area contributed by atoms with E-state index in [2.05, 4.69) is 24.9 Å². The Labute approximate surface area is 152 Å². The number of carbonyl (C=O) groups is 1. The molecule has 4 nitrogen and oxygen atoms in total. The summed E-state index contributed by atoms with van der Waals surface area (Å²) in [5, 5.41) is 0. The largest absolute Gasteiger partial charge is 0.296 e. The van der Waals surface area contributed by atoms with Gasteiger partial charge in [0.2, 0.25) is 5.67 Å². The van der Waals surface area contributed by atoms with Gasteiger partial charge < -0.3 is 0 Å². The number of anilines is 1. The lowest BCUT2D eigenvalue weighted by atomic mass is 9.82. The molecule has 1 aromatic rings. The quantitative estimate of drug-likeness (QED) is 0.776. The molecule has 2 saturated heterocycles. The lowest BCUT2D eigenvalue weighted by Crippen LogP contribution is -2.47. The normalized spacial score (nSPS) is 37.8. The van der Waals surface area contributed by atoms with Gasteiger partial charge in [-0.25, -0.2) is 13.8 Å².